The van der Waals surface area contributed by atoms with Crippen LogP contribution in [0.3, 0.4) is 0 Å². The van der Waals surface area contributed by atoms with Crippen LogP contribution in [-0.2, 0) is 10.0 Å². The van der Waals surface area contributed by atoms with Gasteiger partial charge in [-0.2, -0.15) is 0 Å². The van der Waals surface area contributed by atoms with Crippen molar-refractivity contribution in [1.82, 2.24) is 14.8 Å². The number of carbonyl (C=O) groups excluding carboxylic acids is 1. The van der Waals surface area contributed by atoms with E-state index >= 15 is 0 Å². The molecular weight excluding hydrogens is 458 g/mol. The fourth-order valence-electron chi connectivity index (χ4n) is 3.74. The van der Waals surface area contributed by atoms with Crippen LogP contribution in [0.5, 0.6) is 0 Å². The summed E-state index contributed by atoms with van der Waals surface area (Å²) in [6.45, 7) is 5.78. The summed E-state index contributed by atoms with van der Waals surface area (Å²) < 4.78 is 27.2. The van der Waals surface area contributed by atoms with Crippen molar-refractivity contribution in [2.45, 2.75) is 37.1 Å². The average molecular weight is 486 g/mol. The molecule has 1 aliphatic rings. The maximum absolute atomic E-state index is 13.1. The summed E-state index contributed by atoms with van der Waals surface area (Å²) in [5.41, 5.74) is 3.06. The zero-order valence-corrected chi connectivity index (χ0v) is 20.5. The summed E-state index contributed by atoms with van der Waals surface area (Å²) in [4.78, 5) is 15.3. The van der Waals surface area contributed by atoms with Gasteiger partial charge in [0.15, 0.2) is 10.9 Å². The number of aryl methyl sites for hydroxylation is 1. The lowest BCUT2D eigenvalue weighted by Gasteiger charge is -2.19. The van der Waals surface area contributed by atoms with Gasteiger partial charge in [-0.3, -0.25) is 14.1 Å². The number of anilines is 2. The van der Waals surface area contributed by atoms with Gasteiger partial charge in [0.05, 0.1) is 17.2 Å². The molecule has 1 aromatic heterocycles. The predicted molar refractivity (Wildman–Crippen MR) is 132 cm³/mol. The zero-order chi connectivity index (χ0) is 23.6. The molecule has 4 rings (SSSR count). The Morgan fingerprint density at radius 3 is 2.27 bits per heavy atom. The summed E-state index contributed by atoms with van der Waals surface area (Å²) in [7, 11) is -3.37. The SMILES string of the molecule is Cc1ccc(-n2c(S[C@@H](C)C(=O)c3ccc(NS(C)(=O)=O)cc3)nnc2N2CCCC2)cc1. The topological polar surface area (TPSA) is 97.2 Å². The van der Waals surface area contributed by atoms with E-state index in [0.717, 1.165) is 43.8 Å². The van der Waals surface area contributed by atoms with E-state index < -0.39 is 15.3 Å². The molecular formula is C23H27N5O3S2. The number of nitrogens with one attached hydrogen (secondary N) is 1. The van der Waals surface area contributed by atoms with Crippen molar-refractivity contribution in [2.24, 2.45) is 0 Å². The fraction of sp³-hybridized carbons (Fsp3) is 0.348. The lowest BCUT2D eigenvalue weighted by atomic mass is 10.1. The summed E-state index contributed by atoms with van der Waals surface area (Å²) in [6.07, 6.45) is 3.34. The highest BCUT2D eigenvalue weighted by Gasteiger charge is 2.25. The minimum Gasteiger partial charge on any atom is -0.341 e. The number of carbonyl (C=O) groups is 1. The standard InChI is InChI=1S/C23H27N5O3S2/c1-16-6-12-20(13-7-16)28-22(27-14-4-5-15-27)24-25-23(28)32-17(2)21(29)18-8-10-19(11-9-18)26-33(3,30)31/h6-13,17,26H,4-5,14-15H2,1-3H3/t17-/m0/s1. The highest BCUT2D eigenvalue weighted by molar-refractivity contribution is 8.00. The molecule has 0 spiro atoms. The molecule has 3 aromatic rings. The molecule has 0 bridgehead atoms. The fourth-order valence-corrected chi connectivity index (χ4v) is 5.25. The second-order valence-electron chi connectivity index (χ2n) is 8.22. The number of aromatic nitrogens is 3. The van der Waals surface area contributed by atoms with Crippen molar-refractivity contribution in [2.75, 3.05) is 29.0 Å². The van der Waals surface area contributed by atoms with Crippen LogP contribution in [-0.4, -0.2) is 53.6 Å². The van der Waals surface area contributed by atoms with Crippen LogP contribution in [0.2, 0.25) is 0 Å². The molecule has 174 valence electrons. The van der Waals surface area contributed by atoms with Gasteiger partial charge in [0.1, 0.15) is 0 Å². The van der Waals surface area contributed by atoms with Gasteiger partial charge >= 0.3 is 0 Å². The smallest absolute Gasteiger partial charge is 0.232 e. The normalized spacial score (nSPS) is 14.9. The lowest BCUT2D eigenvalue weighted by Crippen LogP contribution is -2.22. The molecule has 2 aromatic carbocycles. The summed E-state index contributed by atoms with van der Waals surface area (Å²) in [5.74, 6) is 0.738. The highest BCUT2D eigenvalue weighted by atomic mass is 32.2. The lowest BCUT2D eigenvalue weighted by molar-refractivity contribution is 0.0994. The minimum absolute atomic E-state index is 0.0629. The predicted octanol–water partition coefficient (Wildman–Crippen LogP) is 3.91. The van der Waals surface area contributed by atoms with Crippen molar-refractivity contribution in [3.63, 3.8) is 0 Å². The second-order valence-corrected chi connectivity index (χ2v) is 11.3. The molecule has 1 N–H and O–H groups in total. The molecule has 8 nitrogen and oxygen atoms in total. The number of benzene rings is 2. The van der Waals surface area contributed by atoms with E-state index in [1.807, 2.05) is 30.5 Å². The van der Waals surface area contributed by atoms with E-state index in [2.05, 4.69) is 32.0 Å². The number of Topliss-reactive ketones (excluding diaryl/α,β-unsaturated/α-hetero) is 1. The number of nitrogens with zero attached hydrogens (tertiary/aromatic N) is 4. The molecule has 0 saturated carbocycles. The van der Waals surface area contributed by atoms with Gasteiger partial charge in [-0.25, -0.2) is 8.42 Å². The Labute approximate surface area is 198 Å². The van der Waals surface area contributed by atoms with Crippen LogP contribution < -0.4 is 9.62 Å². The molecule has 1 aliphatic heterocycles. The van der Waals surface area contributed by atoms with Gasteiger partial charge in [-0.15, -0.1) is 10.2 Å². The van der Waals surface area contributed by atoms with Crippen molar-refractivity contribution in [3.8, 4) is 5.69 Å². The van der Waals surface area contributed by atoms with Gasteiger partial charge in [0, 0.05) is 24.3 Å². The number of rotatable bonds is 8. The Morgan fingerprint density at radius 2 is 1.67 bits per heavy atom. The highest BCUT2D eigenvalue weighted by Crippen LogP contribution is 2.32. The van der Waals surface area contributed by atoms with E-state index in [1.165, 1.54) is 17.3 Å². The van der Waals surface area contributed by atoms with Crippen LogP contribution >= 0.6 is 11.8 Å². The number of ketones is 1. The molecule has 1 saturated heterocycles. The monoisotopic (exact) mass is 485 g/mol. The molecule has 33 heavy (non-hydrogen) atoms. The van der Waals surface area contributed by atoms with Crippen molar-refractivity contribution in [1.29, 1.82) is 0 Å². The number of thioether (sulfide) groups is 1. The van der Waals surface area contributed by atoms with Crippen LogP contribution in [0.1, 0.15) is 35.7 Å². The molecule has 0 aliphatic carbocycles. The Kier molecular flexibility index (Phi) is 6.76. The zero-order valence-electron chi connectivity index (χ0n) is 18.9. The van der Waals surface area contributed by atoms with Gasteiger partial charge < -0.3 is 4.90 Å². The first-order valence-corrected chi connectivity index (χ1v) is 13.5. The Hall–Kier alpha value is -2.85. The molecule has 0 amide bonds. The summed E-state index contributed by atoms with van der Waals surface area (Å²) >= 11 is 1.37. The van der Waals surface area contributed by atoms with Gasteiger partial charge in [0.2, 0.25) is 16.0 Å². The van der Waals surface area contributed by atoms with Crippen LogP contribution in [0.15, 0.2) is 53.7 Å². The quantitative estimate of drug-likeness (QED) is 0.382. The minimum atomic E-state index is -3.37. The molecule has 1 atom stereocenters. The Bertz CT molecular complexity index is 1230. The van der Waals surface area contributed by atoms with Crippen molar-refractivity contribution in [3.05, 3.63) is 59.7 Å². The molecule has 1 fully saturated rings. The maximum atomic E-state index is 13.1. The number of hydrogen-bond donors (Lipinski definition) is 1. The van der Waals surface area contributed by atoms with Crippen LogP contribution in [0, 0.1) is 6.92 Å². The van der Waals surface area contributed by atoms with E-state index in [1.54, 1.807) is 24.3 Å². The Balaban J connectivity index is 1.58. The number of hydrogen-bond acceptors (Lipinski definition) is 7. The van der Waals surface area contributed by atoms with Crippen LogP contribution in [0.4, 0.5) is 11.6 Å². The van der Waals surface area contributed by atoms with Crippen molar-refractivity contribution >= 4 is 39.2 Å². The first kappa shape index (κ1) is 23.3. The van der Waals surface area contributed by atoms with E-state index in [-0.39, 0.29) is 5.78 Å². The van der Waals surface area contributed by atoms with Crippen molar-refractivity contribution < 1.29 is 13.2 Å². The first-order chi connectivity index (χ1) is 15.7. The summed E-state index contributed by atoms with van der Waals surface area (Å²) in [6, 6.07) is 14.6. The molecule has 0 unspecified atom stereocenters. The third kappa shape index (κ3) is 5.56. The molecule has 10 heteroatoms. The van der Waals surface area contributed by atoms with E-state index in [4.69, 9.17) is 0 Å². The third-order valence-corrected chi connectivity index (χ3v) is 7.07. The third-order valence-electron chi connectivity index (χ3n) is 5.42. The second kappa shape index (κ2) is 9.56. The van der Waals surface area contributed by atoms with E-state index in [0.29, 0.717) is 16.4 Å². The summed E-state index contributed by atoms with van der Waals surface area (Å²) in [5, 5.41) is 9.16. The first-order valence-electron chi connectivity index (χ1n) is 10.8. The molecule has 2 heterocycles. The average Bonchev–Trinajstić information content (AvgIpc) is 3.43. The molecule has 0 radical (unpaired) electrons. The van der Waals surface area contributed by atoms with Gasteiger partial charge in [-0.1, -0.05) is 29.5 Å². The Morgan fingerprint density at radius 1 is 1.03 bits per heavy atom. The number of sulfonamides is 1. The van der Waals surface area contributed by atoms with E-state index in [9.17, 15) is 13.2 Å². The van der Waals surface area contributed by atoms with Gasteiger partial charge in [0.25, 0.3) is 0 Å². The van der Waals surface area contributed by atoms with Crippen LogP contribution in [0.25, 0.3) is 5.69 Å². The van der Waals surface area contributed by atoms with Gasteiger partial charge in [-0.05, 0) is 63.1 Å². The maximum Gasteiger partial charge on any atom is 0.232 e. The largest absolute Gasteiger partial charge is 0.341 e.